The first-order valence-electron chi connectivity index (χ1n) is 9.41. The van der Waals surface area contributed by atoms with Crippen LogP contribution in [0.4, 0.5) is 5.82 Å². The predicted molar refractivity (Wildman–Crippen MR) is 103 cm³/mol. The minimum absolute atomic E-state index is 0.282. The zero-order chi connectivity index (χ0) is 18.9. The molecular formula is C18H26N6O2S. The summed E-state index contributed by atoms with van der Waals surface area (Å²) < 4.78 is 29.3. The van der Waals surface area contributed by atoms with Crippen LogP contribution in [-0.2, 0) is 10.0 Å². The first-order chi connectivity index (χ1) is 13.0. The Morgan fingerprint density at radius 2 is 1.78 bits per heavy atom. The monoisotopic (exact) mass is 390 g/mol. The van der Waals surface area contributed by atoms with Crippen LogP contribution < -0.4 is 4.90 Å². The van der Waals surface area contributed by atoms with E-state index in [0.717, 1.165) is 44.8 Å². The van der Waals surface area contributed by atoms with E-state index in [4.69, 9.17) is 0 Å². The number of pyridine rings is 1. The van der Waals surface area contributed by atoms with Crippen LogP contribution in [-0.4, -0.2) is 78.5 Å². The molecule has 0 amide bonds. The summed E-state index contributed by atoms with van der Waals surface area (Å²) in [5.41, 5.74) is 0. The molecule has 9 heteroatoms. The van der Waals surface area contributed by atoms with E-state index >= 15 is 0 Å². The number of piperidine rings is 1. The van der Waals surface area contributed by atoms with Crippen LogP contribution in [0.3, 0.4) is 0 Å². The number of sulfonamides is 1. The van der Waals surface area contributed by atoms with Gasteiger partial charge in [0.2, 0.25) is 10.0 Å². The Hall–Kier alpha value is -1.97. The van der Waals surface area contributed by atoms with Crippen LogP contribution in [0.1, 0.15) is 18.9 Å². The first-order valence-corrected chi connectivity index (χ1v) is 10.9. The number of nitrogens with zero attached hydrogens (tertiary/aromatic N) is 6. The molecule has 0 radical (unpaired) electrons. The summed E-state index contributed by atoms with van der Waals surface area (Å²) in [6.45, 7) is 4.39. The normalized spacial score (nSPS) is 20.9. The van der Waals surface area contributed by atoms with Gasteiger partial charge in [-0.2, -0.15) is 4.31 Å². The molecule has 146 valence electrons. The molecule has 2 aliphatic rings. The van der Waals surface area contributed by atoms with Crippen LogP contribution in [0.5, 0.6) is 0 Å². The molecule has 0 saturated carbocycles. The summed E-state index contributed by atoms with van der Waals surface area (Å²) >= 11 is 0. The Morgan fingerprint density at radius 3 is 2.37 bits per heavy atom. The minimum atomic E-state index is -3.46. The summed E-state index contributed by atoms with van der Waals surface area (Å²) in [5, 5.41) is 0. The molecular weight excluding hydrogens is 364 g/mol. The molecule has 2 aromatic rings. The average molecular weight is 391 g/mol. The Kier molecular flexibility index (Phi) is 5.16. The van der Waals surface area contributed by atoms with E-state index in [9.17, 15) is 8.42 Å². The van der Waals surface area contributed by atoms with Crippen molar-refractivity contribution in [3.63, 3.8) is 0 Å². The molecule has 4 heterocycles. The maximum atomic E-state index is 12.8. The lowest BCUT2D eigenvalue weighted by molar-refractivity contribution is 0.222. The third kappa shape index (κ3) is 3.85. The number of aromatic nitrogens is 3. The van der Waals surface area contributed by atoms with E-state index in [1.165, 1.54) is 6.20 Å². The van der Waals surface area contributed by atoms with Gasteiger partial charge in [0, 0.05) is 63.9 Å². The molecule has 2 fully saturated rings. The summed E-state index contributed by atoms with van der Waals surface area (Å²) in [7, 11) is -1.45. The number of hydrogen-bond acceptors (Lipinski definition) is 6. The molecule has 27 heavy (non-hydrogen) atoms. The maximum absolute atomic E-state index is 12.8. The molecule has 0 atom stereocenters. The fourth-order valence-electron chi connectivity index (χ4n) is 3.77. The number of rotatable bonds is 4. The lowest BCUT2D eigenvalue weighted by Gasteiger charge is -2.33. The van der Waals surface area contributed by atoms with Crippen molar-refractivity contribution in [2.75, 3.05) is 51.2 Å². The highest BCUT2D eigenvalue weighted by atomic mass is 32.2. The average Bonchev–Trinajstić information content (AvgIpc) is 3.23. The summed E-state index contributed by atoms with van der Waals surface area (Å²) in [6, 6.07) is 4.00. The van der Waals surface area contributed by atoms with E-state index in [0.29, 0.717) is 19.1 Å². The van der Waals surface area contributed by atoms with Crippen molar-refractivity contribution in [3.8, 4) is 0 Å². The van der Waals surface area contributed by atoms with Crippen molar-refractivity contribution in [2.24, 2.45) is 0 Å². The second-order valence-electron chi connectivity index (χ2n) is 7.29. The van der Waals surface area contributed by atoms with Crippen LogP contribution in [0, 0.1) is 0 Å². The number of likely N-dealkylation sites (N-methyl/N-ethyl adjacent to an activating group) is 1. The minimum Gasteiger partial charge on any atom is -0.356 e. The standard InChI is InChI=1S/C18H26N6O2S/c1-21-10-12-24(13-11-21)27(25,26)17-2-3-18(20-14-17)22-7-4-16(5-8-22)23-9-6-19-15-23/h2-3,6,9,14-16H,4-5,7-8,10-13H2,1H3. The van der Waals surface area contributed by atoms with Crippen molar-refractivity contribution in [3.05, 3.63) is 37.1 Å². The third-order valence-electron chi connectivity index (χ3n) is 5.56. The number of imidazole rings is 1. The largest absolute Gasteiger partial charge is 0.356 e. The van der Waals surface area contributed by atoms with Gasteiger partial charge in [0.05, 0.1) is 6.33 Å². The van der Waals surface area contributed by atoms with Gasteiger partial charge in [0.1, 0.15) is 10.7 Å². The molecule has 0 spiro atoms. The molecule has 8 nitrogen and oxygen atoms in total. The van der Waals surface area contributed by atoms with Gasteiger partial charge in [-0.05, 0) is 32.0 Å². The van der Waals surface area contributed by atoms with Gasteiger partial charge < -0.3 is 14.4 Å². The Labute approximate surface area is 160 Å². The van der Waals surface area contributed by atoms with E-state index in [2.05, 4.69) is 24.3 Å². The van der Waals surface area contributed by atoms with Gasteiger partial charge in [0.15, 0.2) is 0 Å². The Balaban J connectivity index is 1.40. The van der Waals surface area contributed by atoms with Crippen molar-refractivity contribution in [1.29, 1.82) is 0 Å². The maximum Gasteiger partial charge on any atom is 0.244 e. The van der Waals surface area contributed by atoms with Crippen molar-refractivity contribution < 1.29 is 8.42 Å². The highest BCUT2D eigenvalue weighted by molar-refractivity contribution is 7.89. The lowest BCUT2D eigenvalue weighted by atomic mass is 10.1. The van der Waals surface area contributed by atoms with Crippen LogP contribution >= 0.6 is 0 Å². The quantitative estimate of drug-likeness (QED) is 0.777. The van der Waals surface area contributed by atoms with E-state index < -0.39 is 10.0 Å². The highest BCUT2D eigenvalue weighted by Gasteiger charge is 2.28. The van der Waals surface area contributed by atoms with Crippen molar-refractivity contribution in [1.82, 2.24) is 23.7 Å². The van der Waals surface area contributed by atoms with Crippen LogP contribution in [0.2, 0.25) is 0 Å². The molecule has 2 aromatic heterocycles. The van der Waals surface area contributed by atoms with Crippen molar-refractivity contribution in [2.45, 2.75) is 23.8 Å². The topological polar surface area (TPSA) is 74.6 Å². The zero-order valence-corrected chi connectivity index (χ0v) is 16.4. The fourth-order valence-corrected chi connectivity index (χ4v) is 5.14. The van der Waals surface area contributed by atoms with Gasteiger partial charge in [-0.3, -0.25) is 0 Å². The Bertz CT molecular complexity index is 836. The van der Waals surface area contributed by atoms with Gasteiger partial charge in [-0.15, -0.1) is 0 Å². The van der Waals surface area contributed by atoms with Crippen molar-refractivity contribution >= 4 is 15.8 Å². The summed E-state index contributed by atoms with van der Waals surface area (Å²) in [5.74, 6) is 0.844. The van der Waals surface area contributed by atoms with Gasteiger partial charge in [-0.1, -0.05) is 0 Å². The van der Waals surface area contributed by atoms with Crippen LogP contribution in [0.25, 0.3) is 0 Å². The molecule has 0 aromatic carbocycles. The Morgan fingerprint density at radius 1 is 1.04 bits per heavy atom. The second-order valence-corrected chi connectivity index (χ2v) is 9.23. The number of hydrogen-bond donors (Lipinski definition) is 0. The summed E-state index contributed by atoms with van der Waals surface area (Å²) in [4.78, 5) is 13.2. The molecule has 2 saturated heterocycles. The molecule has 0 bridgehead atoms. The third-order valence-corrected chi connectivity index (χ3v) is 7.44. The summed E-state index contributed by atoms with van der Waals surface area (Å²) in [6.07, 6.45) is 9.25. The van der Waals surface area contributed by atoms with E-state index in [-0.39, 0.29) is 4.90 Å². The smallest absolute Gasteiger partial charge is 0.244 e. The van der Waals surface area contributed by atoms with E-state index in [1.807, 2.05) is 31.8 Å². The van der Waals surface area contributed by atoms with Gasteiger partial charge in [0.25, 0.3) is 0 Å². The lowest BCUT2D eigenvalue weighted by Crippen LogP contribution is -2.47. The zero-order valence-electron chi connectivity index (χ0n) is 15.6. The molecule has 0 unspecified atom stereocenters. The highest BCUT2D eigenvalue weighted by Crippen LogP contribution is 2.26. The predicted octanol–water partition coefficient (Wildman–Crippen LogP) is 1.06. The SMILES string of the molecule is CN1CCN(S(=O)(=O)c2ccc(N3CCC(n4ccnc4)CC3)nc2)CC1. The molecule has 0 aliphatic carbocycles. The van der Waals surface area contributed by atoms with Gasteiger partial charge >= 0.3 is 0 Å². The molecule has 2 aliphatic heterocycles. The van der Waals surface area contributed by atoms with E-state index in [1.54, 1.807) is 10.4 Å². The van der Waals surface area contributed by atoms with Gasteiger partial charge in [-0.25, -0.2) is 18.4 Å². The van der Waals surface area contributed by atoms with Crippen LogP contribution in [0.15, 0.2) is 41.9 Å². The molecule has 4 rings (SSSR count). The number of anilines is 1. The molecule has 0 N–H and O–H groups in total. The second kappa shape index (κ2) is 7.57. The number of piperazine rings is 1. The first kappa shape index (κ1) is 18.4. The fraction of sp³-hybridized carbons (Fsp3) is 0.556.